The first-order valence-corrected chi connectivity index (χ1v) is 3.06. The summed E-state index contributed by atoms with van der Waals surface area (Å²) in [6, 6.07) is 0. The van der Waals surface area contributed by atoms with Crippen LogP contribution in [0.2, 0.25) is 0 Å². The minimum Gasteiger partial charge on any atom is -0.264 e. The van der Waals surface area contributed by atoms with Crippen LogP contribution < -0.4 is 5.43 Å². The van der Waals surface area contributed by atoms with Crippen molar-refractivity contribution in [1.82, 2.24) is 5.43 Å². The highest BCUT2D eigenvalue weighted by Crippen LogP contribution is 1.99. The van der Waals surface area contributed by atoms with E-state index in [1.54, 1.807) is 0 Å². The average Bonchev–Trinajstić information content (AvgIpc) is 1.88. The summed E-state index contributed by atoms with van der Waals surface area (Å²) < 4.78 is 0. The second kappa shape index (κ2) is 2.60. The largest absolute Gasteiger partial charge is 0.310 e. The standard InChI is InChI=1S/C6H8N3O/c1-4(2)5-6(10)9-8-3-7-5/h3-4H,1-2H3. The van der Waals surface area contributed by atoms with Gasteiger partial charge in [0.2, 0.25) is 0 Å². The van der Waals surface area contributed by atoms with Crippen molar-refractivity contribution in [3.63, 3.8) is 0 Å². The van der Waals surface area contributed by atoms with E-state index >= 15 is 0 Å². The average molecular weight is 138 g/mol. The molecule has 4 nitrogen and oxygen atoms in total. The Labute approximate surface area is 59.0 Å². The Balaban J connectivity index is 2.80. The molecule has 1 heterocycles. The molecule has 4 heteroatoms. The molecule has 10 heavy (non-hydrogen) atoms. The van der Waals surface area contributed by atoms with E-state index in [1.807, 2.05) is 13.8 Å². The van der Waals surface area contributed by atoms with Crippen LogP contribution in [0, 0.1) is 5.92 Å². The first kappa shape index (κ1) is 6.92. The van der Waals surface area contributed by atoms with Crippen molar-refractivity contribution in [1.29, 1.82) is 0 Å². The minimum absolute atomic E-state index is 0.128. The first-order chi connectivity index (χ1) is 4.72. The highest BCUT2D eigenvalue weighted by atomic mass is 16.2. The van der Waals surface area contributed by atoms with Crippen LogP contribution in [0.3, 0.4) is 0 Å². The fourth-order valence-corrected chi connectivity index (χ4v) is 0.669. The van der Waals surface area contributed by atoms with Gasteiger partial charge < -0.3 is 0 Å². The van der Waals surface area contributed by atoms with E-state index in [1.165, 1.54) is 6.34 Å². The Morgan fingerprint density at radius 1 is 1.50 bits per heavy atom. The fourth-order valence-electron chi connectivity index (χ4n) is 0.669. The van der Waals surface area contributed by atoms with Gasteiger partial charge in [0.25, 0.3) is 0 Å². The molecule has 0 aromatic carbocycles. The number of carbonyl (C=O) groups is 1. The molecule has 0 fully saturated rings. The van der Waals surface area contributed by atoms with Gasteiger partial charge in [-0.3, -0.25) is 4.79 Å². The van der Waals surface area contributed by atoms with Crippen LogP contribution in [-0.2, 0) is 4.79 Å². The van der Waals surface area contributed by atoms with E-state index in [0.717, 1.165) is 0 Å². The van der Waals surface area contributed by atoms with Gasteiger partial charge in [-0.2, -0.15) is 0 Å². The molecule has 0 spiro atoms. The molecule has 0 aromatic rings. The lowest BCUT2D eigenvalue weighted by Crippen LogP contribution is -2.28. The highest BCUT2D eigenvalue weighted by molar-refractivity contribution is 6.41. The Kier molecular flexibility index (Phi) is 1.80. The maximum absolute atomic E-state index is 10.8. The third-order valence-electron chi connectivity index (χ3n) is 1.16. The van der Waals surface area contributed by atoms with E-state index in [-0.39, 0.29) is 11.8 Å². The van der Waals surface area contributed by atoms with Crippen molar-refractivity contribution in [2.24, 2.45) is 16.0 Å². The van der Waals surface area contributed by atoms with Crippen LogP contribution in [0.25, 0.3) is 0 Å². The topological polar surface area (TPSA) is 55.9 Å². The number of aliphatic imine (C=N–C) groups is 1. The molecular formula is C6H8N3O. The van der Waals surface area contributed by atoms with Crippen molar-refractivity contribution in [3.8, 4) is 0 Å². The van der Waals surface area contributed by atoms with Gasteiger partial charge in [0.05, 0.1) is 0 Å². The second-order valence-corrected chi connectivity index (χ2v) is 2.31. The summed E-state index contributed by atoms with van der Waals surface area (Å²) in [6.45, 7) is 3.79. The molecule has 53 valence electrons. The van der Waals surface area contributed by atoms with Gasteiger partial charge in [-0.25, -0.2) is 4.99 Å². The maximum Gasteiger partial charge on any atom is 0.310 e. The predicted octanol–water partition coefficient (Wildman–Crippen LogP) is 0.171. The monoisotopic (exact) mass is 138 g/mol. The van der Waals surface area contributed by atoms with E-state index in [9.17, 15) is 4.79 Å². The van der Waals surface area contributed by atoms with Crippen molar-refractivity contribution >= 4 is 18.0 Å². The van der Waals surface area contributed by atoms with Crippen LogP contribution in [-0.4, -0.2) is 18.0 Å². The van der Waals surface area contributed by atoms with E-state index in [0.29, 0.717) is 5.71 Å². The third kappa shape index (κ3) is 1.21. The third-order valence-corrected chi connectivity index (χ3v) is 1.16. The molecule has 0 unspecified atom stereocenters. The molecule has 0 bridgehead atoms. The Hall–Kier alpha value is -1.19. The number of hydrogen-bond donors (Lipinski definition) is 0. The van der Waals surface area contributed by atoms with Crippen LogP contribution in [0.1, 0.15) is 13.8 Å². The lowest BCUT2D eigenvalue weighted by atomic mass is 10.1. The number of rotatable bonds is 1. The lowest BCUT2D eigenvalue weighted by molar-refractivity contribution is -0.115. The molecule has 0 aromatic heterocycles. The van der Waals surface area contributed by atoms with Crippen LogP contribution >= 0.6 is 0 Å². The quantitative estimate of drug-likeness (QED) is 0.509. The first-order valence-electron chi connectivity index (χ1n) is 3.06. The van der Waals surface area contributed by atoms with Gasteiger partial charge in [-0.05, 0) is 0 Å². The van der Waals surface area contributed by atoms with Crippen molar-refractivity contribution < 1.29 is 4.79 Å². The SMILES string of the molecule is CC(C)C1=NC=N[N]C1=O. The van der Waals surface area contributed by atoms with E-state index in [2.05, 4.69) is 15.5 Å². The molecule has 0 atom stereocenters. The summed E-state index contributed by atoms with van der Waals surface area (Å²) in [7, 11) is 0. The van der Waals surface area contributed by atoms with E-state index < -0.39 is 0 Å². The van der Waals surface area contributed by atoms with Gasteiger partial charge in [-0.15, -0.1) is 10.5 Å². The van der Waals surface area contributed by atoms with Crippen molar-refractivity contribution in [3.05, 3.63) is 0 Å². The molecule has 1 rings (SSSR count). The Morgan fingerprint density at radius 2 is 2.20 bits per heavy atom. The van der Waals surface area contributed by atoms with Gasteiger partial charge in [-0.1, -0.05) is 13.8 Å². The van der Waals surface area contributed by atoms with Crippen LogP contribution in [0.15, 0.2) is 10.1 Å². The van der Waals surface area contributed by atoms with Gasteiger partial charge in [0, 0.05) is 5.92 Å². The summed E-state index contributed by atoms with van der Waals surface area (Å²) in [6.07, 6.45) is 1.29. The summed E-state index contributed by atoms with van der Waals surface area (Å²) in [5.41, 5.74) is 3.81. The fraction of sp³-hybridized carbons (Fsp3) is 0.500. The molecule has 1 aliphatic heterocycles. The molecule has 1 radical (unpaired) electrons. The number of hydrogen-bond acceptors (Lipinski definition) is 3. The zero-order valence-corrected chi connectivity index (χ0v) is 5.90. The Bertz CT molecular complexity index is 205. The van der Waals surface area contributed by atoms with Crippen molar-refractivity contribution in [2.45, 2.75) is 13.8 Å². The number of carbonyl (C=O) groups excluding carboxylic acids is 1. The molecule has 1 amide bonds. The highest BCUT2D eigenvalue weighted by Gasteiger charge is 2.17. The molecule has 0 N–H and O–H groups in total. The van der Waals surface area contributed by atoms with Gasteiger partial charge in [0.1, 0.15) is 12.1 Å². The van der Waals surface area contributed by atoms with Crippen LogP contribution in [0.5, 0.6) is 0 Å². The van der Waals surface area contributed by atoms with Crippen LogP contribution in [0.4, 0.5) is 0 Å². The normalized spacial score (nSPS) is 17.1. The van der Waals surface area contributed by atoms with Crippen molar-refractivity contribution in [2.75, 3.05) is 0 Å². The minimum atomic E-state index is -0.322. The number of nitrogens with zero attached hydrogens (tertiary/aromatic N) is 3. The summed E-state index contributed by atoms with van der Waals surface area (Å²) in [5.74, 6) is -0.194. The zero-order valence-electron chi connectivity index (χ0n) is 5.90. The van der Waals surface area contributed by atoms with Gasteiger partial charge >= 0.3 is 5.91 Å². The predicted molar refractivity (Wildman–Crippen MR) is 37.9 cm³/mol. The zero-order chi connectivity index (χ0) is 7.56. The smallest absolute Gasteiger partial charge is 0.264 e. The summed E-state index contributed by atoms with van der Waals surface area (Å²) in [4.78, 5) is 14.6. The molecule has 0 aliphatic carbocycles. The summed E-state index contributed by atoms with van der Waals surface area (Å²) in [5, 5.41) is 3.35. The molecule has 0 saturated carbocycles. The maximum atomic E-state index is 10.8. The number of amides is 1. The molecule has 1 aliphatic rings. The second-order valence-electron chi connectivity index (χ2n) is 2.31. The summed E-state index contributed by atoms with van der Waals surface area (Å²) >= 11 is 0. The van der Waals surface area contributed by atoms with Gasteiger partial charge in [0.15, 0.2) is 0 Å². The molecular weight excluding hydrogens is 130 g/mol. The lowest BCUT2D eigenvalue weighted by Gasteiger charge is -2.06. The Morgan fingerprint density at radius 3 is 2.60 bits per heavy atom. The molecule has 0 saturated heterocycles. The van der Waals surface area contributed by atoms with E-state index in [4.69, 9.17) is 0 Å².